The molecule has 0 saturated heterocycles. The van der Waals surface area contributed by atoms with Gasteiger partial charge in [0.05, 0.1) is 12.2 Å². The molecule has 0 saturated carbocycles. The van der Waals surface area contributed by atoms with Crippen molar-refractivity contribution in [1.29, 1.82) is 0 Å². The summed E-state index contributed by atoms with van der Waals surface area (Å²) in [5.74, 6) is -0.299. The maximum absolute atomic E-state index is 12.2. The summed E-state index contributed by atoms with van der Waals surface area (Å²) in [5.41, 5.74) is 5.28. The average Bonchev–Trinajstić information content (AvgIpc) is 2.19. The predicted molar refractivity (Wildman–Crippen MR) is 50.3 cm³/mol. The number of halogens is 3. The van der Waals surface area contributed by atoms with Crippen LogP contribution in [0.25, 0.3) is 0 Å². The molecule has 0 spiro atoms. The molecule has 0 aromatic heterocycles. The van der Waals surface area contributed by atoms with E-state index in [1.54, 1.807) is 0 Å². The van der Waals surface area contributed by atoms with Gasteiger partial charge in [0.2, 0.25) is 0 Å². The van der Waals surface area contributed by atoms with E-state index in [0.29, 0.717) is 5.56 Å². The molecule has 5 heteroatoms. The van der Waals surface area contributed by atoms with Crippen LogP contribution < -0.4 is 5.73 Å². The van der Waals surface area contributed by atoms with Crippen molar-refractivity contribution in [2.45, 2.75) is 12.1 Å². The van der Waals surface area contributed by atoms with Crippen molar-refractivity contribution in [1.82, 2.24) is 0 Å². The molecule has 0 aliphatic carbocycles. The van der Waals surface area contributed by atoms with Crippen LogP contribution in [-0.4, -0.2) is 18.3 Å². The third-order valence-corrected chi connectivity index (χ3v) is 2.21. The molecule has 15 heavy (non-hydrogen) atoms. The Bertz CT molecular complexity index is 303. The summed E-state index contributed by atoms with van der Waals surface area (Å²) in [4.78, 5) is 0. The van der Waals surface area contributed by atoms with E-state index in [0.717, 1.165) is 12.1 Å². The molecule has 1 aromatic rings. The van der Waals surface area contributed by atoms with Gasteiger partial charge in [-0.15, -0.1) is 0 Å². The Kier molecular flexibility index (Phi) is 3.71. The molecular weight excluding hydrogens is 207 g/mol. The van der Waals surface area contributed by atoms with Crippen molar-refractivity contribution in [3.8, 4) is 0 Å². The van der Waals surface area contributed by atoms with Crippen molar-refractivity contribution in [2.24, 2.45) is 5.73 Å². The monoisotopic (exact) mass is 219 g/mol. The Balaban J connectivity index is 2.89. The first-order chi connectivity index (χ1) is 6.99. The second-order valence-corrected chi connectivity index (χ2v) is 3.23. The Morgan fingerprint density at radius 3 is 2.07 bits per heavy atom. The maximum atomic E-state index is 12.2. The van der Waals surface area contributed by atoms with Crippen molar-refractivity contribution in [3.05, 3.63) is 35.4 Å². The maximum Gasteiger partial charge on any atom is 0.416 e. The molecule has 1 rings (SSSR count). The van der Waals surface area contributed by atoms with Crippen molar-refractivity contribution < 1.29 is 18.3 Å². The second-order valence-electron chi connectivity index (χ2n) is 3.23. The van der Waals surface area contributed by atoms with E-state index in [-0.39, 0.29) is 19.1 Å². The standard InChI is InChI=1S/C10H12F3NO/c11-10(12,13)9-3-1-7(2-4-9)8(5-14)6-15/h1-4,8,15H,5-6,14H2. The van der Waals surface area contributed by atoms with Gasteiger partial charge in [-0.05, 0) is 17.7 Å². The highest BCUT2D eigenvalue weighted by atomic mass is 19.4. The summed E-state index contributed by atoms with van der Waals surface area (Å²) in [6.07, 6.45) is -4.32. The molecule has 0 aliphatic heterocycles. The molecule has 84 valence electrons. The lowest BCUT2D eigenvalue weighted by Crippen LogP contribution is -2.16. The van der Waals surface area contributed by atoms with Gasteiger partial charge in [0, 0.05) is 12.5 Å². The minimum Gasteiger partial charge on any atom is -0.396 e. The fourth-order valence-corrected chi connectivity index (χ4v) is 1.26. The van der Waals surface area contributed by atoms with E-state index in [2.05, 4.69) is 0 Å². The van der Waals surface area contributed by atoms with Gasteiger partial charge in [0.1, 0.15) is 0 Å². The number of hydrogen-bond donors (Lipinski definition) is 2. The summed E-state index contributed by atoms with van der Waals surface area (Å²) >= 11 is 0. The molecular formula is C10H12F3NO. The Hall–Kier alpha value is -1.07. The normalized spacial score (nSPS) is 13.9. The van der Waals surface area contributed by atoms with E-state index in [1.807, 2.05) is 0 Å². The summed E-state index contributed by atoms with van der Waals surface area (Å²) in [5, 5.41) is 8.91. The Morgan fingerprint density at radius 2 is 1.73 bits per heavy atom. The molecule has 1 unspecified atom stereocenters. The molecule has 0 fully saturated rings. The quantitative estimate of drug-likeness (QED) is 0.813. The lowest BCUT2D eigenvalue weighted by atomic mass is 9.99. The van der Waals surface area contributed by atoms with Crippen LogP contribution in [0.3, 0.4) is 0 Å². The Labute approximate surface area is 85.5 Å². The molecule has 0 heterocycles. The molecule has 0 aliphatic rings. The zero-order chi connectivity index (χ0) is 11.5. The van der Waals surface area contributed by atoms with Crippen LogP contribution in [0, 0.1) is 0 Å². The van der Waals surface area contributed by atoms with Gasteiger partial charge in [-0.1, -0.05) is 12.1 Å². The zero-order valence-corrected chi connectivity index (χ0v) is 7.96. The number of aliphatic hydroxyl groups is 1. The van der Waals surface area contributed by atoms with Crippen LogP contribution in [0.1, 0.15) is 17.0 Å². The molecule has 2 nitrogen and oxygen atoms in total. The summed E-state index contributed by atoms with van der Waals surface area (Å²) in [6.45, 7) is 0.0454. The molecule has 0 amide bonds. The SMILES string of the molecule is NCC(CO)c1ccc(C(F)(F)F)cc1. The lowest BCUT2D eigenvalue weighted by molar-refractivity contribution is -0.137. The molecule has 1 aromatic carbocycles. The van der Waals surface area contributed by atoms with Crippen LogP contribution in [0.2, 0.25) is 0 Å². The van der Waals surface area contributed by atoms with Gasteiger partial charge in [0.25, 0.3) is 0 Å². The minimum absolute atomic E-state index is 0.165. The first-order valence-electron chi connectivity index (χ1n) is 4.47. The first-order valence-corrected chi connectivity index (χ1v) is 4.47. The third kappa shape index (κ3) is 2.94. The number of nitrogens with two attached hydrogens (primary N) is 1. The van der Waals surface area contributed by atoms with Crippen molar-refractivity contribution in [3.63, 3.8) is 0 Å². The van der Waals surface area contributed by atoms with Gasteiger partial charge >= 0.3 is 6.18 Å². The van der Waals surface area contributed by atoms with Crippen LogP contribution in [-0.2, 0) is 6.18 Å². The van der Waals surface area contributed by atoms with Crippen LogP contribution in [0.5, 0.6) is 0 Å². The molecule has 0 bridgehead atoms. The number of hydrogen-bond acceptors (Lipinski definition) is 2. The largest absolute Gasteiger partial charge is 0.416 e. The van der Waals surface area contributed by atoms with E-state index >= 15 is 0 Å². The van der Waals surface area contributed by atoms with E-state index in [9.17, 15) is 13.2 Å². The summed E-state index contributed by atoms with van der Waals surface area (Å²) in [7, 11) is 0. The first kappa shape index (κ1) is 12.0. The van der Waals surface area contributed by atoms with Gasteiger partial charge in [-0.3, -0.25) is 0 Å². The number of rotatable bonds is 3. The van der Waals surface area contributed by atoms with Gasteiger partial charge in [0.15, 0.2) is 0 Å². The summed E-state index contributed by atoms with van der Waals surface area (Å²) < 4.78 is 36.6. The predicted octanol–water partition coefficient (Wildman–Crippen LogP) is 1.74. The highest BCUT2D eigenvalue weighted by Gasteiger charge is 2.30. The highest BCUT2D eigenvalue weighted by molar-refractivity contribution is 5.27. The van der Waals surface area contributed by atoms with Crippen LogP contribution >= 0.6 is 0 Å². The molecule has 0 radical (unpaired) electrons. The van der Waals surface area contributed by atoms with Gasteiger partial charge in [-0.2, -0.15) is 13.2 Å². The summed E-state index contributed by atoms with van der Waals surface area (Å²) in [6, 6.07) is 4.68. The Morgan fingerprint density at radius 1 is 1.20 bits per heavy atom. The van der Waals surface area contributed by atoms with Gasteiger partial charge in [-0.25, -0.2) is 0 Å². The van der Waals surface area contributed by atoms with E-state index in [1.165, 1.54) is 12.1 Å². The highest BCUT2D eigenvalue weighted by Crippen LogP contribution is 2.29. The van der Waals surface area contributed by atoms with Crippen LogP contribution in [0.15, 0.2) is 24.3 Å². The van der Waals surface area contributed by atoms with Crippen molar-refractivity contribution in [2.75, 3.05) is 13.2 Å². The fourth-order valence-electron chi connectivity index (χ4n) is 1.26. The average molecular weight is 219 g/mol. The number of aliphatic hydroxyl groups excluding tert-OH is 1. The molecule has 1 atom stereocenters. The van der Waals surface area contributed by atoms with E-state index in [4.69, 9.17) is 10.8 Å². The smallest absolute Gasteiger partial charge is 0.396 e. The number of benzene rings is 1. The lowest BCUT2D eigenvalue weighted by Gasteiger charge is -2.13. The molecule has 3 N–H and O–H groups in total. The second kappa shape index (κ2) is 4.63. The third-order valence-electron chi connectivity index (χ3n) is 2.21. The minimum atomic E-state index is -4.32. The number of alkyl halides is 3. The van der Waals surface area contributed by atoms with Crippen molar-refractivity contribution >= 4 is 0 Å². The van der Waals surface area contributed by atoms with E-state index < -0.39 is 11.7 Å². The topological polar surface area (TPSA) is 46.2 Å². The zero-order valence-electron chi connectivity index (χ0n) is 7.96. The van der Waals surface area contributed by atoms with Crippen LogP contribution in [0.4, 0.5) is 13.2 Å². The fraction of sp³-hybridized carbons (Fsp3) is 0.400. The van der Waals surface area contributed by atoms with Gasteiger partial charge < -0.3 is 10.8 Å².